The van der Waals surface area contributed by atoms with Crippen LogP contribution in [0.4, 0.5) is 0 Å². The summed E-state index contributed by atoms with van der Waals surface area (Å²) in [5, 5.41) is 0. The van der Waals surface area contributed by atoms with Gasteiger partial charge in [0.15, 0.2) is 0 Å². The largest absolute Gasteiger partial charge is 0.327 e. The van der Waals surface area contributed by atoms with Gasteiger partial charge in [0.1, 0.15) is 5.82 Å². The van der Waals surface area contributed by atoms with Crippen molar-refractivity contribution in [1.29, 1.82) is 0 Å². The van der Waals surface area contributed by atoms with Crippen LogP contribution < -0.4 is 0 Å². The number of aromatic nitrogens is 2. The van der Waals surface area contributed by atoms with Crippen molar-refractivity contribution in [3.05, 3.63) is 29.6 Å². The Hall–Kier alpha value is -0.830. The van der Waals surface area contributed by atoms with Gasteiger partial charge in [0.05, 0.1) is 15.9 Å². The van der Waals surface area contributed by atoms with E-state index < -0.39 is 0 Å². The predicted molar refractivity (Wildman–Crippen MR) is 76.7 cm³/mol. The summed E-state index contributed by atoms with van der Waals surface area (Å²) in [7, 11) is 0. The number of rotatable bonds is 4. The Morgan fingerprint density at radius 1 is 1.29 bits per heavy atom. The van der Waals surface area contributed by atoms with E-state index in [1.807, 2.05) is 0 Å². The molecule has 1 unspecified atom stereocenters. The maximum absolute atomic E-state index is 4.78. The van der Waals surface area contributed by atoms with Gasteiger partial charge in [0.2, 0.25) is 0 Å². The summed E-state index contributed by atoms with van der Waals surface area (Å²) in [5.41, 5.74) is 3.73. The molecule has 2 rings (SSSR count). The average Bonchev–Trinajstić information content (AvgIpc) is 2.74. The van der Waals surface area contributed by atoms with E-state index in [4.69, 9.17) is 4.98 Å². The Morgan fingerprint density at radius 2 is 2.06 bits per heavy atom. The van der Waals surface area contributed by atoms with Crippen LogP contribution in [0.15, 0.2) is 18.2 Å². The summed E-state index contributed by atoms with van der Waals surface area (Å²) in [6, 6.07) is 6.61. The minimum Gasteiger partial charge on any atom is -0.327 e. The third-order valence-electron chi connectivity index (χ3n) is 3.21. The molecule has 3 heteroatoms. The molecule has 17 heavy (non-hydrogen) atoms. The predicted octanol–water partition coefficient (Wildman–Crippen LogP) is 4.46. The maximum Gasteiger partial charge on any atom is 0.123 e. The molecule has 92 valence electrons. The number of halogens is 1. The van der Waals surface area contributed by atoms with E-state index in [1.165, 1.54) is 11.1 Å². The van der Waals surface area contributed by atoms with Gasteiger partial charge in [0.25, 0.3) is 0 Å². The Labute approximate surface area is 111 Å². The summed E-state index contributed by atoms with van der Waals surface area (Å²) >= 11 is 3.71. The van der Waals surface area contributed by atoms with E-state index in [-0.39, 0.29) is 0 Å². The number of hydrogen-bond acceptors (Lipinski definition) is 1. The van der Waals surface area contributed by atoms with Crippen molar-refractivity contribution in [2.24, 2.45) is 0 Å². The highest BCUT2D eigenvalue weighted by atomic mass is 79.9. The van der Waals surface area contributed by atoms with Gasteiger partial charge < -0.3 is 4.57 Å². The molecule has 0 saturated heterocycles. The van der Waals surface area contributed by atoms with E-state index >= 15 is 0 Å². The summed E-state index contributed by atoms with van der Waals surface area (Å²) in [5.74, 6) is 1.15. The highest BCUT2D eigenvalue weighted by Crippen LogP contribution is 2.29. The molecule has 0 fully saturated rings. The van der Waals surface area contributed by atoms with Gasteiger partial charge in [-0.25, -0.2) is 4.98 Å². The van der Waals surface area contributed by atoms with Crippen LogP contribution in [0.3, 0.4) is 0 Å². The number of alkyl halides is 1. The van der Waals surface area contributed by atoms with Crippen molar-refractivity contribution in [2.45, 2.75) is 45.0 Å². The van der Waals surface area contributed by atoms with Crippen molar-refractivity contribution in [3.8, 4) is 0 Å². The lowest BCUT2D eigenvalue weighted by molar-refractivity contribution is 0.697. The highest BCUT2D eigenvalue weighted by Gasteiger charge is 2.15. The molecule has 0 spiro atoms. The van der Waals surface area contributed by atoms with Gasteiger partial charge in [0, 0.05) is 6.54 Å². The van der Waals surface area contributed by atoms with E-state index in [0.29, 0.717) is 4.83 Å². The van der Waals surface area contributed by atoms with Gasteiger partial charge in [-0.2, -0.15) is 0 Å². The van der Waals surface area contributed by atoms with Crippen LogP contribution in [0.2, 0.25) is 0 Å². The molecule has 0 aliphatic rings. The molecule has 0 aliphatic heterocycles. The quantitative estimate of drug-likeness (QED) is 0.761. The van der Waals surface area contributed by atoms with Crippen LogP contribution in [0, 0.1) is 0 Å². The van der Waals surface area contributed by atoms with Crippen LogP contribution in [-0.2, 0) is 13.0 Å². The monoisotopic (exact) mass is 294 g/mol. The molecule has 0 aliphatic carbocycles. The van der Waals surface area contributed by atoms with Gasteiger partial charge in [-0.1, -0.05) is 35.8 Å². The number of benzene rings is 1. The number of aryl methyl sites for hydroxylation is 2. The van der Waals surface area contributed by atoms with E-state index in [1.54, 1.807) is 0 Å². The van der Waals surface area contributed by atoms with Crippen LogP contribution in [0.25, 0.3) is 11.0 Å². The van der Waals surface area contributed by atoms with Crippen molar-refractivity contribution in [2.75, 3.05) is 0 Å². The minimum atomic E-state index is 0.347. The Morgan fingerprint density at radius 3 is 2.65 bits per heavy atom. The molecule has 0 bridgehead atoms. The first-order valence-corrected chi connectivity index (χ1v) is 7.25. The molecule has 2 aromatic rings. The second kappa shape index (κ2) is 5.21. The molecular weight excluding hydrogens is 276 g/mol. The molecule has 0 radical (unpaired) electrons. The zero-order valence-electron chi connectivity index (χ0n) is 10.7. The Kier molecular flexibility index (Phi) is 3.87. The van der Waals surface area contributed by atoms with Crippen molar-refractivity contribution in [1.82, 2.24) is 9.55 Å². The lowest BCUT2D eigenvalue weighted by Crippen LogP contribution is -2.03. The summed E-state index contributed by atoms with van der Waals surface area (Å²) in [6.07, 6.45) is 2.12. The maximum atomic E-state index is 4.78. The zero-order chi connectivity index (χ0) is 12.4. The van der Waals surface area contributed by atoms with Crippen molar-refractivity contribution < 1.29 is 0 Å². The lowest BCUT2D eigenvalue weighted by Gasteiger charge is -2.09. The van der Waals surface area contributed by atoms with Gasteiger partial charge in [-0.05, 0) is 37.5 Å². The molecule has 0 saturated carbocycles. The van der Waals surface area contributed by atoms with E-state index in [2.05, 4.69) is 59.5 Å². The first-order valence-electron chi connectivity index (χ1n) is 6.34. The molecule has 1 aromatic heterocycles. The summed E-state index contributed by atoms with van der Waals surface area (Å²) < 4.78 is 2.30. The molecule has 0 amide bonds. The topological polar surface area (TPSA) is 17.8 Å². The smallest absolute Gasteiger partial charge is 0.123 e. The molecule has 1 atom stereocenters. The molecule has 2 nitrogen and oxygen atoms in total. The fourth-order valence-electron chi connectivity index (χ4n) is 2.17. The Bertz CT molecular complexity index is 516. The van der Waals surface area contributed by atoms with Crippen molar-refractivity contribution in [3.63, 3.8) is 0 Å². The Balaban J connectivity index is 2.61. The fraction of sp³-hybridized carbons (Fsp3) is 0.500. The first kappa shape index (κ1) is 12.6. The lowest BCUT2D eigenvalue weighted by atomic mass is 10.1. The second-order valence-electron chi connectivity index (χ2n) is 4.27. The van der Waals surface area contributed by atoms with Crippen LogP contribution in [0.5, 0.6) is 0 Å². The van der Waals surface area contributed by atoms with Crippen LogP contribution >= 0.6 is 15.9 Å². The number of imidazole rings is 1. The third-order valence-corrected chi connectivity index (χ3v) is 4.26. The number of fused-ring (bicyclic) bond motifs is 1. The average molecular weight is 295 g/mol. The highest BCUT2D eigenvalue weighted by molar-refractivity contribution is 9.09. The van der Waals surface area contributed by atoms with Gasteiger partial charge in [-0.3, -0.25) is 0 Å². The molecular formula is C14H19BrN2. The minimum absolute atomic E-state index is 0.347. The second-order valence-corrected chi connectivity index (χ2v) is 5.37. The molecule has 0 N–H and O–H groups in total. The van der Waals surface area contributed by atoms with Crippen LogP contribution in [0.1, 0.15) is 43.4 Å². The zero-order valence-corrected chi connectivity index (χ0v) is 12.3. The molecule has 1 heterocycles. The summed E-state index contributed by atoms with van der Waals surface area (Å²) in [6.45, 7) is 7.50. The van der Waals surface area contributed by atoms with Gasteiger partial charge >= 0.3 is 0 Å². The normalized spacial score (nSPS) is 13.2. The third kappa shape index (κ3) is 2.25. The summed E-state index contributed by atoms with van der Waals surface area (Å²) in [4.78, 5) is 5.13. The fourth-order valence-corrected chi connectivity index (χ4v) is 2.52. The van der Waals surface area contributed by atoms with Crippen molar-refractivity contribution >= 4 is 27.0 Å². The molecule has 1 aromatic carbocycles. The van der Waals surface area contributed by atoms with Crippen LogP contribution in [-0.4, -0.2) is 9.55 Å². The first-order chi connectivity index (χ1) is 8.21. The van der Waals surface area contributed by atoms with E-state index in [9.17, 15) is 0 Å². The standard InChI is InChI=1S/C14H19BrN2/c1-4-10-7-8-13-12(9-10)16-14(11(15)5-2)17(13)6-3/h7-9,11H,4-6H2,1-3H3. The number of hydrogen-bond donors (Lipinski definition) is 0. The number of nitrogens with zero attached hydrogens (tertiary/aromatic N) is 2. The van der Waals surface area contributed by atoms with E-state index in [0.717, 1.165) is 30.7 Å². The van der Waals surface area contributed by atoms with Gasteiger partial charge in [-0.15, -0.1) is 0 Å². The SMILES string of the molecule is CCc1ccc2c(c1)nc(C(Br)CC)n2CC.